The smallest absolute Gasteiger partial charge is 0.407 e. The number of alkyl halides is 3. The van der Waals surface area contributed by atoms with E-state index in [4.69, 9.17) is 9.84 Å². The van der Waals surface area contributed by atoms with E-state index in [1.165, 1.54) is 0 Å². The van der Waals surface area contributed by atoms with Gasteiger partial charge in [0.2, 0.25) is 5.91 Å². The van der Waals surface area contributed by atoms with Crippen molar-refractivity contribution in [3.63, 3.8) is 0 Å². The second kappa shape index (κ2) is 11.2. The normalized spacial score (nSPS) is 13.5. The Labute approximate surface area is 199 Å². The number of carbonyl (C=O) groups is 3. The maximum Gasteiger partial charge on any atom is 0.407 e. The van der Waals surface area contributed by atoms with Gasteiger partial charge in [-0.2, -0.15) is 13.2 Å². The first-order valence-corrected chi connectivity index (χ1v) is 10.8. The molecule has 1 unspecified atom stereocenters. The van der Waals surface area contributed by atoms with Crippen LogP contribution in [0.3, 0.4) is 0 Å². The molecular formula is C24H25F3N2O6. The number of hydrogen-bond donors (Lipinski definition) is 2. The maximum absolute atomic E-state index is 13.4. The highest BCUT2D eigenvalue weighted by atomic mass is 19.4. The summed E-state index contributed by atoms with van der Waals surface area (Å²) in [6, 6.07) is 15.5. The van der Waals surface area contributed by atoms with Gasteiger partial charge in [0.1, 0.15) is 6.61 Å². The minimum absolute atomic E-state index is 0.0206. The van der Waals surface area contributed by atoms with Crippen LogP contribution in [0.4, 0.5) is 18.0 Å². The topological polar surface area (TPSA) is 105 Å². The number of alkyl carbamates (subject to hydrolysis) is 1. The minimum atomic E-state index is -4.70. The molecule has 2 N–H and O–H groups in total. The molecular weight excluding hydrogens is 469 g/mol. The molecule has 0 aromatic heterocycles. The number of nitrogens with one attached hydrogen (secondary N) is 1. The predicted octanol–water partition coefficient (Wildman–Crippen LogP) is 3.96. The lowest BCUT2D eigenvalue weighted by atomic mass is 9.98. The Hall–Kier alpha value is -3.60. The Bertz CT molecular complexity index is 1030. The lowest BCUT2D eigenvalue weighted by molar-refractivity contribution is -0.200. The van der Waals surface area contributed by atoms with Gasteiger partial charge >= 0.3 is 18.2 Å². The number of benzene rings is 2. The SMILES string of the molecule is CN(OCC(=O)O)C(=O)CC(CCNC(=O)OCC1c2ccccc2-c2ccccc21)C(F)(F)F. The van der Waals surface area contributed by atoms with Crippen molar-refractivity contribution in [2.75, 3.05) is 26.8 Å². The van der Waals surface area contributed by atoms with Crippen LogP contribution in [0.2, 0.25) is 0 Å². The van der Waals surface area contributed by atoms with E-state index in [-0.39, 0.29) is 19.1 Å². The first-order valence-electron chi connectivity index (χ1n) is 10.8. The van der Waals surface area contributed by atoms with Crippen molar-refractivity contribution in [1.29, 1.82) is 0 Å². The summed E-state index contributed by atoms with van der Waals surface area (Å²) < 4.78 is 45.4. The van der Waals surface area contributed by atoms with Gasteiger partial charge in [-0.3, -0.25) is 9.63 Å². The van der Waals surface area contributed by atoms with E-state index in [1.807, 2.05) is 48.5 Å². The Kier molecular flexibility index (Phi) is 8.34. The number of rotatable bonds is 10. The quantitative estimate of drug-likeness (QED) is 0.485. The zero-order valence-corrected chi connectivity index (χ0v) is 18.9. The van der Waals surface area contributed by atoms with Crippen LogP contribution in [0.15, 0.2) is 48.5 Å². The van der Waals surface area contributed by atoms with Crippen molar-refractivity contribution in [3.05, 3.63) is 59.7 Å². The van der Waals surface area contributed by atoms with Crippen molar-refractivity contribution in [2.24, 2.45) is 5.92 Å². The fourth-order valence-corrected chi connectivity index (χ4v) is 3.94. The number of halogens is 3. The first-order chi connectivity index (χ1) is 16.6. The number of nitrogens with zero attached hydrogens (tertiary/aromatic N) is 1. The molecule has 1 aliphatic carbocycles. The average molecular weight is 494 g/mol. The van der Waals surface area contributed by atoms with E-state index in [9.17, 15) is 27.6 Å². The standard InChI is InChI=1S/C24H25F3N2O6/c1-29(35-14-22(31)32)21(30)12-15(24(25,26)27)10-11-28-23(33)34-13-20-18-8-4-2-6-16(18)17-7-3-5-9-19(17)20/h2-9,15,20H,10-14H2,1H3,(H,28,33)(H,31,32). The van der Waals surface area contributed by atoms with Crippen LogP contribution in [0.5, 0.6) is 0 Å². The number of hydroxylamine groups is 2. The summed E-state index contributed by atoms with van der Waals surface area (Å²) in [6.45, 7) is -1.21. The minimum Gasteiger partial charge on any atom is -0.479 e. The van der Waals surface area contributed by atoms with E-state index in [1.54, 1.807) is 0 Å². The fourth-order valence-electron chi connectivity index (χ4n) is 3.94. The van der Waals surface area contributed by atoms with Crippen molar-refractivity contribution in [1.82, 2.24) is 10.4 Å². The number of carboxylic acid groups (broad SMARTS) is 1. The van der Waals surface area contributed by atoms with Crippen LogP contribution in [0, 0.1) is 5.92 Å². The molecule has 0 saturated heterocycles. The summed E-state index contributed by atoms with van der Waals surface area (Å²) in [5.41, 5.74) is 4.11. The molecule has 0 spiro atoms. The monoisotopic (exact) mass is 494 g/mol. The molecule has 0 radical (unpaired) electrons. The summed E-state index contributed by atoms with van der Waals surface area (Å²) in [7, 11) is 1.04. The van der Waals surface area contributed by atoms with Crippen LogP contribution in [-0.2, 0) is 19.2 Å². The maximum atomic E-state index is 13.4. The summed E-state index contributed by atoms with van der Waals surface area (Å²) in [5, 5.41) is 11.3. The molecule has 0 bridgehead atoms. The lowest BCUT2D eigenvalue weighted by Crippen LogP contribution is -2.36. The number of ether oxygens (including phenoxy) is 1. The van der Waals surface area contributed by atoms with Crippen molar-refractivity contribution in [2.45, 2.75) is 24.9 Å². The molecule has 11 heteroatoms. The van der Waals surface area contributed by atoms with Gasteiger partial charge in [-0.05, 0) is 28.7 Å². The van der Waals surface area contributed by atoms with Gasteiger partial charge in [0.15, 0.2) is 6.61 Å². The largest absolute Gasteiger partial charge is 0.479 e. The van der Waals surface area contributed by atoms with Crippen LogP contribution < -0.4 is 5.32 Å². The van der Waals surface area contributed by atoms with E-state index >= 15 is 0 Å². The summed E-state index contributed by atoms with van der Waals surface area (Å²) in [6.07, 6.45) is -7.08. The number of hydrogen-bond acceptors (Lipinski definition) is 5. The van der Waals surface area contributed by atoms with Crippen molar-refractivity contribution in [3.8, 4) is 11.1 Å². The molecule has 188 valence electrons. The van der Waals surface area contributed by atoms with E-state index < -0.39 is 49.5 Å². The molecule has 3 rings (SSSR count). The first kappa shape index (κ1) is 26.0. The summed E-state index contributed by atoms with van der Waals surface area (Å²) in [4.78, 5) is 39.2. The van der Waals surface area contributed by atoms with Gasteiger partial charge in [-0.25, -0.2) is 14.7 Å². The van der Waals surface area contributed by atoms with E-state index in [0.717, 1.165) is 29.3 Å². The molecule has 2 aromatic rings. The molecule has 0 heterocycles. The third-order valence-electron chi connectivity index (χ3n) is 5.72. The summed E-state index contributed by atoms with van der Waals surface area (Å²) >= 11 is 0. The molecule has 8 nitrogen and oxygen atoms in total. The summed E-state index contributed by atoms with van der Waals surface area (Å²) in [5.74, 6) is -4.64. The average Bonchev–Trinajstić information content (AvgIpc) is 3.13. The van der Waals surface area contributed by atoms with Gasteiger partial charge in [0.05, 0.1) is 5.92 Å². The zero-order valence-electron chi connectivity index (χ0n) is 18.9. The molecule has 0 fully saturated rings. The Morgan fingerprint density at radius 2 is 1.63 bits per heavy atom. The van der Waals surface area contributed by atoms with Crippen LogP contribution in [0.25, 0.3) is 11.1 Å². The van der Waals surface area contributed by atoms with Crippen LogP contribution in [0.1, 0.15) is 29.9 Å². The number of carbonyl (C=O) groups excluding carboxylic acids is 2. The number of fused-ring (bicyclic) bond motifs is 3. The molecule has 0 saturated carbocycles. The highest BCUT2D eigenvalue weighted by molar-refractivity contribution is 5.79. The highest BCUT2D eigenvalue weighted by Crippen LogP contribution is 2.44. The van der Waals surface area contributed by atoms with Gasteiger partial charge in [-0.15, -0.1) is 0 Å². The van der Waals surface area contributed by atoms with Crippen molar-refractivity contribution >= 4 is 18.0 Å². The molecule has 0 aliphatic heterocycles. The Morgan fingerprint density at radius 3 is 2.17 bits per heavy atom. The van der Waals surface area contributed by atoms with E-state index in [0.29, 0.717) is 5.06 Å². The van der Waals surface area contributed by atoms with Gasteiger partial charge < -0.3 is 15.2 Å². The molecule has 1 aliphatic rings. The third kappa shape index (κ3) is 6.72. The number of aliphatic carboxylic acids is 1. The van der Waals surface area contributed by atoms with E-state index in [2.05, 4.69) is 10.2 Å². The molecule has 2 aromatic carbocycles. The second-order valence-corrected chi connectivity index (χ2v) is 8.04. The Balaban J connectivity index is 1.51. The molecule has 35 heavy (non-hydrogen) atoms. The van der Waals surface area contributed by atoms with Crippen molar-refractivity contribution < 1.29 is 42.2 Å². The fraction of sp³-hybridized carbons (Fsp3) is 0.375. The van der Waals surface area contributed by atoms with Gasteiger partial charge in [0.25, 0.3) is 0 Å². The lowest BCUT2D eigenvalue weighted by Gasteiger charge is -2.23. The number of carboxylic acids is 1. The number of amides is 2. The zero-order chi connectivity index (χ0) is 25.6. The van der Waals surface area contributed by atoms with Gasteiger partial charge in [-0.1, -0.05) is 48.5 Å². The predicted molar refractivity (Wildman–Crippen MR) is 118 cm³/mol. The van der Waals surface area contributed by atoms with Gasteiger partial charge in [0, 0.05) is 25.9 Å². The van der Waals surface area contributed by atoms with Crippen LogP contribution in [-0.4, -0.2) is 61.1 Å². The molecule has 2 amide bonds. The highest BCUT2D eigenvalue weighted by Gasteiger charge is 2.41. The Morgan fingerprint density at radius 1 is 1.06 bits per heavy atom. The molecule has 1 atom stereocenters. The van der Waals surface area contributed by atoms with Crippen LogP contribution >= 0.6 is 0 Å². The second-order valence-electron chi connectivity index (χ2n) is 8.04. The third-order valence-corrected chi connectivity index (χ3v) is 5.72.